The largest absolute Gasteiger partial charge is 0.484 e. The van der Waals surface area contributed by atoms with Gasteiger partial charge in [-0.15, -0.1) is 6.58 Å². The summed E-state index contributed by atoms with van der Waals surface area (Å²) in [5.41, 5.74) is 1.25. The van der Waals surface area contributed by atoms with Gasteiger partial charge in [-0.2, -0.15) is 0 Å². The molecule has 0 aromatic heterocycles. The summed E-state index contributed by atoms with van der Waals surface area (Å²) in [4.78, 5) is 11.4. The van der Waals surface area contributed by atoms with Gasteiger partial charge in [0.15, 0.2) is 6.61 Å². The fraction of sp³-hybridized carbons (Fsp3) is 0.438. The second-order valence-corrected chi connectivity index (χ2v) is 4.69. The first-order valence-corrected chi connectivity index (χ1v) is 6.98. The van der Waals surface area contributed by atoms with Crippen LogP contribution in [-0.2, 0) is 11.2 Å². The average Bonchev–Trinajstić information content (AvgIpc) is 2.44. The molecule has 0 spiro atoms. The molecule has 0 aliphatic heterocycles. The van der Waals surface area contributed by atoms with Crippen LogP contribution in [0.15, 0.2) is 36.9 Å². The highest BCUT2D eigenvalue weighted by Gasteiger charge is 2.04. The van der Waals surface area contributed by atoms with E-state index in [2.05, 4.69) is 31.1 Å². The van der Waals surface area contributed by atoms with Crippen LogP contribution in [0.3, 0.4) is 0 Å². The Hall–Kier alpha value is -1.81. The van der Waals surface area contributed by atoms with Crippen LogP contribution in [0.5, 0.6) is 5.75 Å². The lowest BCUT2D eigenvalue weighted by Crippen LogP contribution is -2.28. The molecule has 0 aliphatic carbocycles. The highest BCUT2D eigenvalue weighted by molar-refractivity contribution is 5.77. The van der Waals surface area contributed by atoms with Crippen LogP contribution in [0.25, 0.3) is 0 Å². The van der Waals surface area contributed by atoms with Crippen molar-refractivity contribution in [3.63, 3.8) is 0 Å². The number of benzene rings is 1. The zero-order chi connectivity index (χ0) is 14.8. The van der Waals surface area contributed by atoms with E-state index in [0.717, 1.165) is 13.0 Å². The maximum absolute atomic E-state index is 11.4. The monoisotopic (exact) mass is 276 g/mol. The highest BCUT2D eigenvalue weighted by Crippen LogP contribution is 2.13. The molecule has 1 rings (SSSR count). The first kappa shape index (κ1) is 16.2. The van der Waals surface area contributed by atoms with Gasteiger partial charge in [-0.25, -0.2) is 0 Å². The van der Waals surface area contributed by atoms with Gasteiger partial charge < -0.3 is 15.4 Å². The van der Waals surface area contributed by atoms with Crippen LogP contribution in [0.2, 0.25) is 0 Å². The molecule has 20 heavy (non-hydrogen) atoms. The number of rotatable bonds is 9. The Bertz CT molecular complexity index is 415. The van der Waals surface area contributed by atoms with Gasteiger partial charge in [0, 0.05) is 12.6 Å². The first-order valence-electron chi connectivity index (χ1n) is 6.98. The predicted molar refractivity (Wildman–Crippen MR) is 82.0 cm³/mol. The normalized spacial score (nSPS) is 11.7. The van der Waals surface area contributed by atoms with Crippen LogP contribution >= 0.6 is 0 Å². The second kappa shape index (κ2) is 9.15. The Morgan fingerprint density at radius 3 is 2.70 bits per heavy atom. The third kappa shape index (κ3) is 6.38. The quantitative estimate of drug-likeness (QED) is 0.677. The molecule has 1 amide bonds. The van der Waals surface area contributed by atoms with E-state index in [0.29, 0.717) is 18.3 Å². The zero-order valence-corrected chi connectivity index (χ0v) is 12.3. The van der Waals surface area contributed by atoms with Crippen molar-refractivity contribution in [2.24, 2.45) is 0 Å². The number of hydrogen-bond acceptors (Lipinski definition) is 3. The van der Waals surface area contributed by atoms with E-state index in [1.807, 2.05) is 24.3 Å². The maximum atomic E-state index is 11.4. The molecular formula is C16H24N2O2. The number of ether oxygens (including phenoxy) is 1. The fourth-order valence-corrected chi connectivity index (χ4v) is 1.88. The Labute approximate surface area is 121 Å². The van der Waals surface area contributed by atoms with Gasteiger partial charge in [0.05, 0.1) is 0 Å². The second-order valence-electron chi connectivity index (χ2n) is 4.69. The molecule has 0 aliphatic rings. The summed E-state index contributed by atoms with van der Waals surface area (Å²) in [6, 6.07) is 8.32. The molecule has 1 atom stereocenters. The average molecular weight is 276 g/mol. The van der Waals surface area contributed by atoms with E-state index in [9.17, 15) is 4.79 Å². The number of carbonyl (C=O) groups is 1. The van der Waals surface area contributed by atoms with E-state index in [-0.39, 0.29) is 12.5 Å². The minimum atomic E-state index is -0.144. The summed E-state index contributed by atoms with van der Waals surface area (Å²) in [7, 11) is 0. The Morgan fingerprint density at radius 2 is 2.10 bits per heavy atom. The molecular weight excluding hydrogens is 252 g/mol. The van der Waals surface area contributed by atoms with Crippen LogP contribution in [0, 0.1) is 0 Å². The SMILES string of the molecule is C=CCNC(=O)COc1ccc(CC(C)NCC)cc1. The van der Waals surface area contributed by atoms with Crippen LogP contribution in [-0.4, -0.2) is 31.6 Å². The summed E-state index contributed by atoms with van der Waals surface area (Å²) < 4.78 is 5.41. The van der Waals surface area contributed by atoms with E-state index in [1.165, 1.54) is 5.56 Å². The van der Waals surface area contributed by atoms with Crippen LogP contribution in [0.1, 0.15) is 19.4 Å². The first-order chi connectivity index (χ1) is 9.65. The number of nitrogens with one attached hydrogen (secondary N) is 2. The van der Waals surface area contributed by atoms with Gasteiger partial charge in [-0.05, 0) is 37.6 Å². The minimum absolute atomic E-state index is 0.0287. The molecule has 0 heterocycles. The van der Waals surface area contributed by atoms with Crippen molar-refractivity contribution in [1.82, 2.24) is 10.6 Å². The lowest BCUT2D eigenvalue weighted by atomic mass is 10.1. The number of amides is 1. The number of likely N-dealkylation sites (N-methyl/N-ethyl adjacent to an activating group) is 1. The molecule has 4 heteroatoms. The van der Waals surface area contributed by atoms with Gasteiger partial charge in [-0.1, -0.05) is 25.1 Å². The van der Waals surface area contributed by atoms with Gasteiger partial charge in [0.1, 0.15) is 5.75 Å². The predicted octanol–water partition coefficient (Wildman–Crippen LogP) is 1.91. The van der Waals surface area contributed by atoms with Crippen molar-refractivity contribution in [1.29, 1.82) is 0 Å². The van der Waals surface area contributed by atoms with Crippen LogP contribution in [0.4, 0.5) is 0 Å². The van der Waals surface area contributed by atoms with Crippen molar-refractivity contribution in [2.45, 2.75) is 26.3 Å². The molecule has 0 fully saturated rings. The Morgan fingerprint density at radius 1 is 1.40 bits per heavy atom. The zero-order valence-electron chi connectivity index (χ0n) is 12.3. The molecule has 0 bridgehead atoms. The van der Waals surface area contributed by atoms with Gasteiger partial charge >= 0.3 is 0 Å². The fourth-order valence-electron chi connectivity index (χ4n) is 1.88. The molecule has 4 nitrogen and oxygen atoms in total. The summed E-state index contributed by atoms with van der Waals surface area (Å²) in [5.74, 6) is 0.563. The molecule has 2 N–H and O–H groups in total. The lowest BCUT2D eigenvalue weighted by molar-refractivity contribution is -0.122. The third-order valence-electron chi connectivity index (χ3n) is 2.83. The molecule has 110 valence electrons. The molecule has 1 aromatic carbocycles. The summed E-state index contributed by atoms with van der Waals surface area (Å²) in [6.45, 7) is 9.27. The van der Waals surface area contributed by atoms with E-state index < -0.39 is 0 Å². The molecule has 0 saturated carbocycles. The highest BCUT2D eigenvalue weighted by atomic mass is 16.5. The summed E-state index contributed by atoms with van der Waals surface area (Å²) >= 11 is 0. The molecule has 1 unspecified atom stereocenters. The number of hydrogen-bond donors (Lipinski definition) is 2. The van der Waals surface area contributed by atoms with Gasteiger partial charge in [0.2, 0.25) is 0 Å². The van der Waals surface area contributed by atoms with Gasteiger partial charge in [0.25, 0.3) is 5.91 Å². The number of carbonyl (C=O) groups excluding carboxylic acids is 1. The van der Waals surface area contributed by atoms with E-state index >= 15 is 0 Å². The Kier molecular flexibility index (Phi) is 7.43. The maximum Gasteiger partial charge on any atom is 0.258 e. The molecule has 0 saturated heterocycles. The Balaban J connectivity index is 2.38. The third-order valence-corrected chi connectivity index (χ3v) is 2.83. The lowest BCUT2D eigenvalue weighted by Gasteiger charge is -2.12. The van der Waals surface area contributed by atoms with Gasteiger partial charge in [-0.3, -0.25) is 4.79 Å². The smallest absolute Gasteiger partial charge is 0.258 e. The van der Waals surface area contributed by atoms with E-state index in [1.54, 1.807) is 6.08 Å². The summed E-state index contributed by atoms with van der Waals surface area (Å²) in [6.07, 6.45) is 2.62. The van der Waals surface area contributed by atoms with Crippen molar-refractivity contribution in [3.05, 3.63) is 42.5 Å². The standard InChI is InChI=1S/C16H24N2O2/c1-4-10-18-16(19)12-20-15-8-6-14(7-9-15)11-13(3)17-5-2/h4,6-9,13,17H,1,5,10-12H2,2-3H3,(H,18,19). The molecule has 1 aromatic rings. The van der Waals surface area contributed by atoms with Crippen molar-refractivity contribution in [3.8, 4) is 5.75 Å². The topological polar surface area (TPSA) is 50.4 Å². The summed E-state index contributed by atoms with van der Waals surface area (Å²) in [5, 5.41) is 6.04. The molecule has 0 radical (unpaired) electrons. The van der Waals surface area contributed by atoms with E-state index in [4.69, 9.17) is 4.74 Å². The van der Waals surface area contributed by atoms with Crippen molar-refractivity contribution >= 4 is 5.91 Å². The van der Waals surface area contributed by atoms with Crippen molar-refractivity contribution < 1.29 is 9.53 Å². The van der Waals surface area contributed by atoms with Crippen LogP contribution < -0.4 is 15.4 Å². The van der Waals surface area contributed by atoms with Crippen molar-refractivity contribution in [2.75, 3.05) is 19.7 Å². The minimum Gasteiger partial charge on any atom is -0.484 e.